The van der Waals surface area contributed by atoms with Crippen molar-refractivity contribution in [2.75, 3.05) is 26.2 Å². The predicted octanol–water partition coefficient (Wildman–Crippen LogP) is 3.79. The van der Waals surface area contributed by atoms with E-state index in [-0.39, 0.29) is 29.5 Å². The Morgan fingerprint density at radius 3 is 2.97 bits per heavy atom. The first kappa shape index (κ1) is 23.3. The lowest BCUT2D eigenvalue weighted by Gasteiger charge is -2.26. The molecule has 0 radical (unpaired) electrons. The van der Waals surface area contributed by atoms with Crippen molar-refractivity contribution in [3.63, 3.8) is 0 Å². The van der Waals surface area contributed by atoms with E-state index in [9.17, 15) is 9.18 Å². The van der Waals surface area contributed by atoms with Crippen molar-refractivity contribution in [2.45, 2.75) is 31.9 Å². The Morgan fingerprint density at radius 2 is 2.24 bits per heavy atom. The molecule has 1 amide bonds. The highest BCUT2D eigenvalue weighted by molar-refractivity contribution is 6.31. The van der Waals surface area contributed by atoms with Crippen molar-refractivity contribution in [1.29, 1.82) is 0 Å². The van der Waals surface area contributed by atoms with Gasteiger partial charge < -0.3 is 19.7 Å². The molecule has 8 nitrogen and oxygen atoms in total. The number of amides is 1. The van der Waals surface area contributed by atoms with Crippen LogP contribution in [0.15, 0.2) is 36.0 Å². The third-order valence-corrected chi connectivity index (χ3v) is 6.22. The number of hydrogen-bond acceptors (Lipinski definition) is 6. The summed E-state index contributed by atoms with van der Waals surface area (Å²) < 4.78 is 27.7. The van der Waals surface area contributed by atoms with Gasteiger partial charge in [0.15, 0.2) is 5.82 Å². The molecule has 0 bridgehead atoms. The summed E-state index contributed by atoms with van der Waals surface area (Å²) in [6.07, 6.45) is 4.30. The zero-order valence-electron chi connectivity index (χ0n) is 18.7. The summed E-state index contributed by atoms with van der Waals surface area (Å²) in [4.78, 5) is 19.8. The molecule has 33 heavy (non-hydrogen) atoms. The maximum atomic E-state index is 14.3. The standard InChI is InChI=1S/C23H27ClFN5O3/c1-4-19-28-22-16(12-27-29(22)3)23(31)30(13-15-6-5-9-26-15)10-11-32-18-8-7-17(25)21(24)20(18)14(2)33-19/h4,7-8,12,14-15,26H,1,5-6,9-11,13H2,2-3H3/b28-19+. The number of hydrogen-bond donors (Lipinski definition) is 1. The number of ether oxygens (including phenoxy) is 2. The molecular weight excluding hydrogens is 449 g/mol. The summed E-state index contributed by atoms with van der Waals surface area (Å²) in [5.74, 6) is 0.107. The predicted molar refractivity (Wildman–Crippen MR) is 124 cm³/mol. The number of aryl methyl sites for hydroxylation is 1. The Bertz CT molecular complexity index is 1080. The van der Waals surface area contributed by atoms with Crippen molar-refractivity contribution >= 4 is 29.2 Å². The number of aromatic nitrogens is 2. The number of nitrogens with zero attached hydrogens (tertiary/aromatic N) is 4. The van der Waals surface area contributed by atoms with Gasteiger partial charge in [0.1, 0.15) is 29.8 Å². The van der Waals surface area contributed by atoms with Gasteiger partial charge in [-0.05, 0) is 44.5 Å². The summed E-state index contributed by atoms with van der Waals surface area (Å²) in [7, 11) is 1.70. The van der Waals surface area contributed by atoms with Crippen molar-refractivity contribution in [3.05, 3.63) is 53.0 Å². The maximum absolute atomic E-state index is 14.3. The average Bonchev–Trinajstić information content (AvgIpc) is 3.44. The highest BCUT2D eigenvalue weighted by atomic mass is 35.5. The van der Waals surface area contributed by atoms with Gasteiger partial charge in [-0.25, -0.2) is 4.39 Å². The fraction of sp³-hybridized carbons (Fsp3) is 0.435. The van der Waals surface area contributed by atoms with Crippen LogP contribution in [0.2, 0.25) is 5.02 Å². The largest absolute Gasteiger partial charge is 0.491 e. The minimum absolute atomic E-state index is 0.0809. The van der Waals surface area contributed by atoms with Crippen LogP contribution in [0.1, 0.15) is 41.8 Å². The molecule has 3 heterocycles. The second kappa shape index (κ2) is 9.93. The average molecular weight is 476 g/mol. The molecule has 1 saturated heterocycles. The van der Waals surface area contributed by atoms with Crippen LogP contribution in [0.4, 0.5) is 10.2 Å². The van der Waals surface area contributed by atoms with Gasteiger partial charge in [0, 0.05) is 19.6 Å². The number of carbonyl (C=O) groups is 1. The lowest BCUT2D eigenvalue weighted by Crippen LogP contribution is -2.43. The van der Waals surface area contributed by atoms with Crippen LogP contribution in [0.5, 0.6) is 5.75 Å². The second-order valence-corrected chi connectivity index (χ2v) is 8.46. The number of halogens is 2. The molecule has 1 aromatic carbocycles. The Kier molecular flexibility index (Phi) is 6.99. The Morgan fingerprint density at radius 1 is 1.42 bits per heavy atom. The van der Waals surface area contributed by atoms with Crippen LogP contribution >= 0.6 is 11.6 Å². The van der Waals surface area contributed by atoms with E-state index in [2.05, 4.69) is 22.0 Å². The Balaban J connectivity index is 1.77. The van der Waals surface area contributed by atoms with E-state index in [0.717, 1.165) is 19.4 Å². The first-order valence-corrected chi connectivity index (χ1v) is 11.3. The van der Waals surface area contributed by atoms with Crippen molar-refractivity contribution in [1.82, 2.24) is 20.0 Å². The summed E-state index contributed by atoms with van der Waals surface area (Å²) in [6.45, 7) is 7.47. The van der Waals surface area contributed by atoms with Gasteiger partial charge in [0.2, 0.25) is 5.90 Å². The van der Waals surface area contributed by atoms with Crippen molar-refractivity contribution < 1.29 is 18.7 Å². The topological polar surface area (TPSA) is 81.0 Å². The van der Waals surface area contributed by atoms with Crippen LogP contribution in [0.3, 0.4) is 0 Å². The van der Waals surface area contributed by atoms with E-state index in [0.29, 0.717) is 35.8 Å². The molecule has 2 atom stereocenters. The van der Waals surface area contributed by atoms with Gasteiger partial charge in [-0.3, -0.25) is 9.48 Å². The number of benzene rings is 1. The molecule has 10 heteroatoms. The highest BCUT2D eigenvalue weighted by Gasteiger charge is 2.28. The van der Waals surface area contributed by atoms with Gasteiger partial charge in [-0.1, -0.05) is 18.2 Å². The van der Waals surface area contributed by atoms with Gasteiger partial charge in [-0.2, -0.15) is 10.1 Å². The quantitative estimate of drug-likeness (QED) is 0.730. The smallest absolute Gasteiger partial charge is 0.259 e. The van der Waals surface area contributed by atoms with Gasteiger partial charge in [0.25, 0.3) is 5.91 Å². The van der Waals surface area contributed by atoms with Gasteiger partial charge >= 0.3 is 0 Å². The lowest BCUT2D eigenvalue weighted by atomic mass is 10.1. The number of nitrogens with one attached hydrogen (secondary N) is 1. The monoisotopic (exact) mass is 475 g/mol. The summed E-state index contributed by atoms with van der Waals surface area (Å²) >= 11 is 6.29. The third kappa shape index (κ3) is 4.89. The van der Waals surface area contributed by atoms with Crippen LogP contribution in [0.25, 0.3) is 0 Å². The molecule has 2 aliphatic heterocycles. The molecule has 0 spiro atoms. The fourth-order valence-electron chi connectivity index (χ4n) is 4.12. The van der Waals surface area contributed by atoms with Gasteiger partial charge in [0.05, 0.1) is 23.3 Å². The van der Waals surface area contributed by atoms with E-state index < -0.39 is 11.9 Å². The molecule has 1 fully saturated rings. The number of carbonyl (C=O) groups excluding carboxylic acids is 1. The van der Waals surface area contributed by atoms with Crippen LogP contribution in [-0.2, 0) is 11.8 Å². The van der Waals surface area contributed by atoms with E-state index in [1.54, 1.807) is 18.9 Å². The number of fused-ring (bicyclic) bond motifs is 2. The molecule has 1 N–H and O–H groups in total. The highest BCUT2D eigenvalue weighted by Crippen LogP contribution is 2.36. The van der Waals surface area contributed by atoms with E-state index in [1.165, 1.54) is 29.1 Å². The van der Waals surface area contributed by atoms with Crippen LogP contribution in [-0.4, -0.2) is 58.8 Å². The zero-order valence-corrected chi connectivity index (χ0v) is 19.4. The summed E-state index contributed by atoms with van der Waals surface area (Å²) in [5, 5.41) is 7.57. The lowest BCUT2D eigenvalue weighted by molar-refractivity contribution is 0.0715. The van der Waals surface area contributed by atoms with E-state index >= 15 is 0 Å². The Labute approximate surface area is 197 Å². The van der Waals surface area contributed by atoms with Crippen LogP contribution in [0, 0.1) is 5.82 Å². The minimum atomic E-state index is -0.688. The minimum Gasteiger partial charge on any atom is -0.491 e. The third-order valence-electron chi connectivity index (χ3n) is 5.83. The molecule has 2 aromatic rings. The summed E-state index contributed by atoms with van der Waals surface area (Å²) in [5.41, 5.74) is 0.720. The molecule has 176 valence electrons. The fourth-order valence-corrected chi connectivity index (χ4v) is 4.43. The molecule has 1 aromatic heterocycles. The van der Waals surface area contributed by atoms with Crippen LogP contribution < -0.4 is 10.1 Å². The maximum Gasteiger partial charge on any atom is 0.259 e. The normalized spacial score (nSPS) is 23.1. The second-order valence-electron chi connectivity index (χ2n) is 8.09. The molecular formula is C23H27ClFN5O3. The molecule has 0 saturated carbocycles. The van der Waals surface area contributed by atoms with E-state index in [4.69, 9.17) is 21.1 Å². The molecule has 2 aliphatic rings. The first-order chi connectivity index (χ1) is 15.9. The molecule has 2 unspecified atom stereocenters. The van der Waals surface area contributed by atoms with E-state index in [1.807, 2.05) is 0 Å². The van der Waals surface area contributed by atoms with Crippen molar-refractivity contribution in [3.8, 4) is 5.75 Å². The number of aliphatic imine (C=N–C) groups is 1. The molecule has 4 rings (SSSR count). The SMILES string of the molecule is C=C/C1=N\c2c(cnn2C)C(=O)N(CC2CCCN2)CCOc2ccc(F)c(Cl)c2C(C)O1. The summed E-state index contributed by atoms with van der Waals surface area (Å²) in [6, 6.07) is 2.97. The Hall–Kier alpha value is -2.91. The number of rotatable bonds is 3. The first-order valence-electron chi connectivity index (χ1n) is 10.9. The van der Waals surface area contributed by atoms with Gasteiger partial charge in [-0.15, -0.1) is 0 Å². The molecule has 0 aliphatic carbocycles. The van der Waals surface area contributed by atoms with Crippen molar-refractivity contribution in [2.24, 2.45) is 12.0 Å². The zero-order chi connectivity index (χ0) is 23.5.